The summed E-state index contributed by atoms with van der Waals surface area (Å²) in [6, 6.07) is 3.92. The molecular weight excluding hydrogens is 415 g/mol. The van der Waals surface area contributed by atoms with Crippen LogP contribution in [0, 0.1) is 3.57 Å². The van der Waals surface area contributed by atoms with Gasteiger partial charge in [0.2, 0.25) is 0 Å². The summed E-state index contributed by atoms with van der Waals surface area (Å²) in [6.07, 6.45) is 0.334. The smallest absolute Gasteiger partial charge is 0.326 e. The van der Waals surface area contributed by atoms with Crippen LogP contribution in [0.3, 0.4) is 0 Å². The lowest BCUT2D eigenvalue weighted by atomic mass is 10.2. The summed E-state index contributed by atoms with van der Waals surface area (Å²) in [6.45, 7) is 1.70. The van der Waals surface area contributed by atoms with Crippen LogP contribution in [-0.4, -0.2) is 23.1 Å². The molecule has 5 nitrogen and oxygen atoms in total. The third kappa shape index (κ3) is 4.45. The molecule has 0 aliphatic heterocycles. The highest BCUT2D eigenvalue weighted by Crippen LogP contribution is 2.22. The number of benzene rings is 1. The Labute approximate surface area is 127 Å². The monoisotopic (exact) mass is 426 g/mol. The third-order valence-corrected chi connectivity index (χ3v) is 4.51. The SMILES string of the molecule is CC[C@@H](NC(=O)Nc1ccc(Br)c(I)c1)C(=O)O. The zero-order valence-corrected chi connectivity index (χ0v) is 13.3. The standard InChI is InChI=1S/C11H12BrIN2O3/c1-2-9(10(16)17)15-11(18)14-6-3-4-7(12)8(13)5-6/h3-5,9H,2H2,1H3,(H,16,17)(H2,14,15,18)/t9-/m1/s1. The van der Waals surface area contributed by atoms with Gasteiger partial charge < -0.3 is 15.7 Å². The highest BCUT2D eigenvalue weighted by atomic mass is 127. The Balaban J connectivity index is 2.64. The molecule has 18 heavy (non-hydrogen) atoms. The van der Waals surface area contributed by atoms with Crippen molar-refractivity contribution in [1.82, 2.24) is 5.32 Å². The summed E-state index contributed by atoms with van der Waals surface area (Å²) in [5, 5.41) is 13.8. The van der Waals surface area contributed by atoms with Gasteiger partial charge in [-0.25, -0.2) is 9.59 Å². The summed E-state index contributed by atoms with van der Waals surface area (Å²) in [5.41, 5.74) is 0.611. The first-order chi connectivity index (χ1) is 8.43. The van der Waals surface area contributed by atoms with Gasteiger partial charge in [0.25, 0.3) is 0 Å². The molecule has 0 radical (unpaired) electrons. The minimum Gasteiger partial charge on any atom is -0.480 e. The fourth-order valence-electron chi connectivity index (χ4n) is 1.24. The van der Waals surface area contributed by atoms with Crippen molar-refractivity contribution < 1.29 is 14.7 Å². The number of amides is 2. The van der Waals surface area contributed by atoms with Crippen LogP contribution in [0.15, 0.2) is 22.7 Å². The lowest BCUT2D eigenvalue weighted by molar-refractivity contribution is -0.139. The van der Waals surface area contributed by atoms with Crippen LogP contribution in [0.2, 0.25) is 0 Å². The van der Waals surface area contributed by atoms with Crippen LogP contribution in [0.4, 0.5) is 10.5 Å². The zero-order chi connectivity index (χ0) is 13.7. The maximum absolute atomic E-state index is 11.6. The molecule has 2 amide bonds. The van der Waals surface area contributed by atoms with E-state index in [0.29, 0.717) is 12.1 Å². The molecule has 98 valence electrons. The molecule has 0 fully saturated rings. The molecule has 0 heterocycles. The molecule has 7 heteroatoms. The van der Waals surface area contributed by atoms with Crippen molar-refractivity contribution in [3.05, 3.63) is 26.2 Å². The molecule has 0 aliphatic carbocycles. The van der Waals surface area contributed by atoms with Crippen molar-refractivity contribution in [3.8, 4) is 0 Å². The van der Waals surface area contributed by atoms with Crippen molar-refractivity contribution in [2.45, 2.75) is 19.4 Å². The lowest BCUT2D eigenvalue weighted by Crippen LogP contribution is -2.42. The van der Waals surface area contributed by atoms with Crippen LogP contribution < -0.4 is 10.6 Å². The average Bonchev–Trinajstić information content (AvgIpc) is 2.30. The Morgan fingerprint density at radius 2 is 2.17 bits per heavy atom. The molecule has 3 N–H and O–H groups in total. The molecule has 0 aromatic heterocycles. The van der Waals surface area contributed by atoms with Gasteiger partial charge in [0.1, 0.15) is 6.04 Å². The fraction of sp³-hybridized carbons (Fsp3) is 0.273. The number of carbonyl (C=O) groups excluding carboxylic acids is 1. The number of hydrogen-bond acceptors (Lipinski definition) is 2. The summed E-state index contributed by atoms with van der Waals surface area (Å²) in [7, 11) is 0. The molecule has 1 aromatic rings. The summed E-state index contributed by atoms with van der Waals surface area (Å²) < 4.78 is 1.89. The number of halogens is 2. The normalized spacial score (nSPS) is 11.7. The van der Waals surface area contributed by atoms with Crippen LogP contribution in [-0.2, 0) is 4.79 Å². The Hall–Kier alpha value is -0.830. The van der Waals surface area contributed by atoms with E-state index in [1.54, 1.807) is 19.1 Å². The third-order valence-electron chi connectivity index (χ3n) is 2.19. The quantitative estimate of drug-likeness (QED) is 0.647. The predicted octanol–water partition coefficient (Wildman–Crippen LogP) is 3.04. The molecule has 0 spiro atoms. The molecule has 1 rings (SSSR count). The molecule has 0 bridgehead atoms. The van der Waals surface area contributed by atoms with Gasteiger partial charge in [-0.15, -0.1) is 0 Å². The second kappa shape index (κ2) is 6.93. The minimum atomic E-state index is -1.04. The Kier molecular flexibility index (Phi) is 5.86. The molecule has 0 saturated carbocycles. The number of carboxylic acids is 1. The molecular formula is C11H12BrIN2O3. The van der Waals surface area contributed by atoms with E-state index < -0.39 is 18.0 Å². The zero-order valence-electron chi connectivity index (χ0n) is 9.54. The van der Waals surface area contributed by atoms with Crippen LogP contribution >= 0.6 is 38.5 Å². The van der Waals surface area contributed by atoms with Gasteiger partial charge in [0.15, 0.2) is 0 Å². The Morgan fingerprint density at radius 1 is 1.50 bits per heavy atom. The molecule has 0 unspecified atom stereocenters. The van der Waals surface area contributed by atoms with E-state index in [1.165, 1.54) is 0 Å². The topological polar surface area (TPSA) is 78.4 Å². The Bertz CT molecular complexity index is 468. The van der Waals surface area contributed by atoms with E-state index in [1.807, 2.05) is 6.07 Å². The number of aliphatic carboxylic acids is 1. The van der Waals surface area contributed by atoms with E-state index in [2.05, 4.69) is 49.2 Å². The second-order valence-electron chi connectivity index (χ2n) is 3.53. The molecule has 1 atom stereocenters. The van der Waals surface area contributed by atoms with Gasteiger partial charge in [0, 0.05) is 13.7 Å². The first-order valence-electron chi connectivity index (χ1n) is 5.19. The van der Waals surface area contributed by atoms with Crippen LogP contribution in [0.25, 0.3) is 0 Å². The number of carbonyl (C=O) groups is 2. The molecule has 0 aliphatic rings. The lowest BCUT2D eigenvalue weighted by Gasteiger charge is -2.13. The van der Waals surface area contributed by atoms with E-state index in [4.69, 9.17) is 5.11 Å². The summed E-state index contributed by atoms with van der Waals surface area (Å²) >= 11 is 5.48. The number of urea groups is 1. The number of carboxylic acid groups (broad SMARTS) is 1. The number of anilines is 1. The van der Waals surface area contributed by atoms with Crippen LogP contribution in [0.5, 0.6) is 0 Å². The fourth-order valence-corrected chi connectivity index (χ4v) is 2.00. The maximum atomic E-state index is 11.6. The average molecular weight is 427 g/mol. The van der Waals surface area contributed by atoms with Gasteiger partial charge in [-0.1, -0.05) is 6.92 Å². The number of hydrogen-bond donors (Lipinski definition) is 3. The van der Waals surface area contributed by atoms with E-state index in [9.17, 15) is 9.59 Å². The van der Waals surface area contributed by atoms with Crippen molar-refractivity contribution in [2.24, 2.45) is 0 Å². The molecule has 1 aromatic carbocycles. The number of rotatable bonds is 4. The van der Waals surface area contributed by atoms with Gasteiger partial charge in [-0.3, -0.25) is 0 Å². The van der Waals surface area contributed by atoms with Gasteiger partial charge in [0.05, 0.1) is 0 Å². The van der Waals surface area contributed by atoms with Crippen molar-refractivity contribution in [3.63, 3.8) is 0 Å². The van der Waals surface area contributed by atoms with Gasteiger partial charge in [-0.2, -0.15) is 0 Å². The second-order valence-corrected chi connectivity index (χ2v) is 5.54. The first kappa shape index (κ1) is 15.2. The number of nitrogens with one attached hydrogen (secondary N) is 2. The van der Waals surface area contributed by atoms with Gasteiger partial charge in [-0.05, 0) is 63.1 Å². The van der Waals surface area contributed by atoms with Crippen molar-refractivity contribution >= 4 is 56.2 Å². The van der Waals surface area contributed by atoms with Gasteiger partial charge >= 0.3 is 12.0 Å². The minimum absolute atomic E-state index is 0.334. The van der Waals surface area contributed by atoms with E-state index in [0.717, 1.165) is 8.04 Å². The first-order valence-corrected chi connectivity index (χ1v) is 7.06. The maximum Gasteiger partial charge on any atom is 0.326 e. The van der Waals surface area contributed by atoms with Crippen LogP contribution in [0.1, 0.15) is 13.3 Å². The Morgan fingerprint density at radius 3 is 2.67 bits per heavy atom. The van der Waals surface area contributed by atoms with E-state index in [-0.39, 0.29) is 0 Å². The van der Waals surface area contributed by atoms with Crippen molar-refractivity contribution in [2.75, 3.05) is 5.32 Å². The van der Waals surface area contributed by atoms with Crippen molar-refractivity contribution in [1.29, 1.82) is 0 Å². The predicted molar refractivity (Wildman–Crippen MR) is 80.7 cm³/mol. The van der Waals surface area contributed by atoms with E-state index >= 15 is 0 Å². The summed E-state index contributed by atoms with van der Waals surface area (Å²) in [5.74, 6) is -1.04. The highest BCUT2D eigenvalue weighted by Gasteiger charge is 2.17. The highest BCUT2D eigenvalue weighted by molar-refractivity contribution is 14.1. The summed E-state index contributed by atoms with van der Waals surface area (Å²) in [4.78, 5) is 22.4. The largest absolute Gasteiger partial charge is 0.480 e. The molecule has 0 saturated heterocycles.